The Labute approximate surface area is 170 Å². The van der Waals surface area contributed by atoms with E-state index in [0.29, 0.717) is 0 Å². The molecule has 2 aromatic carbocycles. The highest BCUT2D eigenvalue weighted by Crippen LogP contribution is 2.55. The third-order valence-electron chi connectivity index (χ3n) is 5.70. The summed E-state index contributed by atoms with van der Waals surface area (Å²) < 4.78 is 0. The zero-order chi connectivity index (χ0) is 20.1. The maximum absolute atomic E-state index is 3.81. The van der Waals surface area contributed by atoms with Crippen molar-refractivity contribution in [3.8, 4) is 0 Å². The van der Waals surface area contributed by atoms with Gasteiger partial charge in [0.15, 0.2) is 0 Å². The first kappa shape index (κ1) is 19.9. The molecule has 0 bridgehead atoms. The van der Waals surface area contributed by atoms with E-state index in [1.165, 1.54) is 39.0 Å². The Morgan fingerprint density at radius 2 is 1.79 bits per heavy atom. The van der Waals surface area contributed by atoms with Crippen LogP contribution in [-0.4, -0.2) is 0 Å². The van der Waals surface area contributed by atoms with Crippen molar-refractivity contribution in [1.82, 2.24) is 0 Å². The standard InChI is InChI=1S/C28H30/c1-6-8-11-14-22(4)28(24-15-12-10-13-16-24)26(17-9-7-2)23(5)25-19-18-21(3)20-27(25)28/h6,8-20H,1,7H2,2-5H3/b11-8-,17-9-,22-14+. The van der Waals surface area contributed by atoms with E-state index < -0.39 is 0 Å². The van der Waals surface area contributed by atoms with Crippen LogP contribution in [0.15, 0.2) is 103 Å². The van der Waals surface area contributed by atoms with Gasteiger partial charge in [-0.25, -0.2) is 0 Å². The van der Waals surface area contributed by atoms with Gasteiger partial charge in [0.2, 0.25) is 0 Å². The Bertz CT molecular complexity index is 980. The zero-order valence-corrected chi connectivity index (χ0v) is 17.5. The van der Waals surface area contributed by atoms with Gasteiger partial charge in [-0.2, -0.15) is 0 Å². The summed E-state index contributed by atoms with van der Waals surface area (Å²) in [4.78, 5) is 0. The molecule has 0 N–H and O–H groups in total. The molecule has 3 rings (SSSR count). The average Bonchev–Trinajstić information content (AvgIpc) is 2.95. The van der Waals surface area contributed by atoms with E-state index in [-0.39, 0.29) is 5.41 Å². The number of hydrogen-bond donors (Lipinski definition) is 0. The van der Waals surface area contributed by atoms with Crippen LogP contribution in [0, 0.1) is 6.92 Å². The van der Waals surface area contributed by atoms with Crippen molar-refractivity contribution >= 4 is 5.57 Å². The number of rotatable bonds is 6. The van der Waals surface area contributed by atoms with Crippen LogP contribution in [0.25, 0.3) is 5.57 Å². The molecule has 0 saturated heterocycles. The molecule has 142 valence electrons. The number of hydrogen-bond acceptors (Lipinski definition) is 0. The Morgan fingerprint density at radius 1 is 1.04 bits per heavy atom. The van der Waals surface area contributed by atoms with Crippen LogP contribution in [0.3, 0.4) is 0 Å². The lowest BCUT2D eigenvalue weighted by Crippen LogP contribution is -2.29. The minimum atomic E-state index is -0.274. The lowest BCUT2D eigenvalue weighted by Gasteiger charge is -2.35. The third-order valence-corrected chi connectivity index (χ3v) is 5.70. The quantitative estimate of drug-likeness (QED) is 0.459. The molecule has 1 aliphatic carbocycles. The Balaban J connectivity index is 2.43. The van der Waals surface area contributed by atoms with Gasteiger partial charge in [0, 0.05) is 0 Å². The Hall–Kier alpha value is -2.86. The molecule has 1 atom stereocenters. The number of fused-ring (bicyclic) bond motifs is 1. The fraction of sp³-hybridized carbons (Fsp3) is 0.214. The van der Waals surface area contributed by atoms with Gasteiger partial charge in [0.05, 0.1) is 5.41 Å². The summed E-state index contributed by atoms with van der Waals surface area (Å²) in [6.07, 6.45) is 13.8. The van der Waals surface area contributed by atoms with Crippen LogP contribution in [0.2, 0.25) is 0 Å². The van der Waals surface area contributed by atoms with Crippen LogP contribution < -0.4 is 0 Å². The van der Waals surface area contributed by atoms with Gasteiger partial charge in [-0.05, 0) is 55.0 Å². The van der Waals surface area contributed by atoms with Crippen molar-refractivity contribution in [2.75, 3.05) is 0 Å². The van der Waals surface area contributed by atoms with E-state index in [2.05, 4.69) is 107 Å². The van der Waals surface area contributed by atoms with E-state index in [4.69, 9.17) is 0 Å². The third kappa shape index (κ3) is 3.24. The molecule has 0 aliphatic heterocycles. The van der Waals surface area contributed by atoms with Gasteiger partial charge in [-0.1, -0.05) is 110 Å². The molecule has 0 radical (unpaired) electrons. The second kappa shape index (κ2) is 8.44. The highest BCUT2D eigenvalue weighted by molar-refractivity contribution is 5.86. The molecule has 0 aromatic heterocycles. The van der Waals surface area contributed by atoms with Crippen molar-refractivity contribution in [2.24, 2.45) is 0 Å². The average molecular weight is 367 g/mol. The van der Waals surface area contributed by atoms with Crippen molar-refractivity contribution in [1.29, 1.82) is 0 Å². The molecule has 2 aromatic rings. The smallest absolute Gasteiger partial charge is 0.0670 e. The topological polar surface area (TPSA) is 0 Å². The molecule has 0 heteroatoms. The molecule has 0 heterocycles. The predicted octanol–water partition coefficient (Wildman–Crippen LogP) is 7.72. The first-order valence-corrected chi connectivity index (χ1v) is 10.1. The predicted molar refractivity (Wildman–Crippen MR) is 124 cm³/mol. The molecular weight excluding hydrogens is 336 g/mol. The molecule has 0 amide bonds. The first-order chi connectivity index (χ1) is 13.6. The second-order valence-corrected chi connectivity index (χ2v) is 7.48. The van der Waals surface area contributed by atoms with Crippen LogP contribution in [0.5, 0.6) is 0 Å². The van der Waals surface area contributed by atoms with E-state index in [1.54, 1.807) is 0 Å². The summed E-state index contributed by atoms with van der Waals surface area (Å²) in [6.45, 7) is 12.7. The fourth-order valence-corrected chi connectivity index (χ4v) is 4.41. The maximum Gasteiger partial charge on any atom is 0.0670 e. The molecule has 0 spiro atoms. The lowest BCUT2D eigenvalue weighted by molar-refractivity contribution is 0.738. The normalized spacial score (nSPS) is 19.6. The summed E-state index contributed by atoms with van der Waals surface area (Å²) in [7, 11) is 0. The van der Waals surface area contributed by atoms with Crippen molar-refractivity contribution in [2.45, 2.75) is 39.5 Å². The summed E-state index contributed by atoms with van der Waals surface area (Å²) in [5.74, 6) is 0. The van der Waals surface area contributed by atoms with Crippen LogP contribution in [0.4, 0.5) is 0 Å². The van der Waals surface area contributed by atoms with Gasteiger partial charge in [0.1, 0.15) is 0 Å². The minimum absolute atomic E-state index is 0.274. The monoisotopic (exact) mass is 366 g/mol. The van der Waals surface area contributed by atoms with Crippen LogP contribution in [-0.2, 0) is 5.41 Å². The second-order valence-electron chi connectivity index (χ2n) is 7.48. The van der Waals surface area contributed by atoms with Crippen molar-refractivity contribution < 1.29 is 0 Å². The van der Waals surface area contributed by atoms with Crippen LogP contribution >= 0.6 is 0 Å². The molecule has 0 nitrogen and oxygen atoms in total. The molecular formula is C28H30. The number of allylic oxidation sites excluding steroid dienone is 9. The first-order valence-electron chi connectivity index (χ1n) is 10.1. The van der Waals surface area contributed by atoms with Gasteiger partial charge < -0.3 is 0 Å². The van der Waals surface area contributed by atoms with Gasteiger partial charge >= 0.3 is 0 Å². The number of aryl methyl sites for hydroxylation is 1. The molecule has 1 unspecified atom stereocenters. The lowest BCUT2D eigenvalue weighted by atomic mass is 9.66. The van der Waals surface area contributed by atoms with Gasteiger partial charge in [-0.3, -0.25) is 0 Å². The Kier molecular flexibility index (Phi) is 5.99. The molecule has 1 aliphatic rings. The van der Waals surface area contributed by atoms with E-state index in [0.717, 1.165) is 6.42 Å². The van der Waals surface area contributed by atoms with Gasteiger partial charge in [-0.15, -0.1) is 0 Å². The van der Waals surface area contributed by atoms with E-state index >= 15 is 0 Å². The molecule has 28 heavy (non-hydrogen) atoms. The van der Waals surface area contributed by atoms with Gasteiger partial charge in [0.25, 0.3) is 0 Å². The van der Waals surface area contributed by atoms with Crippen LogP contribution in [0.1, 0.15) is 49.4 Å². The molecule has 0 fully saturated rings. The zero-order valence-electron chi connectivity index (χ0n) is 17.5. The summed E-state index contributed by atoms with van der Waals surface area (Å²) in [6, 6.07) is 17.8. The van der Waals surface area contributed by atoms with E-state index in [1.807, 2.05) is 12.2 Å². The van der Waals surface area contributed by atoms with Crippen molar-refractivity contribution in [3.63, 3.8) is 0 Å². The highest BCUT2D eigenvalue weighted by Gasteiger charge is 2.45. The molecule has 0 saturated carbocycles. The minimum Gasteiger partial charge on any atom is -0.0991 e. The number of benzene rings is 2. The largest absolute Gasteiger partial charge is 0.0991 e. The summed E-state index contributed by atoms with van der Waals surface area (Å²) in [5, 5.41) is 0. The summed E-state index contributed by atoms with van der Waals surface area (Å²) in [5.41, 5.74) is 9.13. The summed E-state index contributed by atoms with van der Waals surface area (Å²) >= 11 is 0. The maximum atomic E-state index is 3.81. The van der Waals surface area contributed by atoms with Crippen molar-refractivity contribution in [3.05, 3.63) is 125 Å². The highest BCUT2D eigenvalue weighted by atomic mass is 14.5. The fourth-order valence-electron chi connectivity index (χ4n) is 4.41. The SMILES string of the molecule is C=C/C=C\C=C(/C)C1(c2ccccc2)C(/C=C\CC)=C(C)c2ccc(C)cc21. The van der Waals surface area contributed by atoms with E-state index in [9.17, 15) is 0 Å². The Morgan fingerprint density at radius 3 is 2.46 bits per heavy atom.